The summed E-state index contributed by atoms with van der Waals surface area (Å²) in [6, 6.07) is 12.9. The van der Waals surface area contributed by atoms with E-state index in [1.807, 2.05) is 20.0 Å². The lowest BCUT2D eigenvalue weighted by atomic mass is 9.93. The minimum absolute atomic E-state index is 0.132. The number of halogens is 1. The lowest BCUT2D eigenvalue weighted by Crippen LogP contribution is -2.19. The second kappa shape index (κ2) is 5.77. The molecule has 2 aromatic carbocycles. The molecule has 2 rings (SSSR count). The number of nitrogens with one attached hydrogen (secondary N) is 1. The number of rotatable bonds is 3. The SMILES string of the molecule is CNC(c1cc(C)ccc1C)c1cccc(C)c1Cl. The molecular weight excluding hydrogens is 254 g/mol. The Hall–Kier alpha value is -1.31. The summed E-state index contributed by atoms with van der Waals surface area (Å²) in [5.41, 5.74) is 6.09. The second-order valence-electron chi connectivity index (χ2n) is 5.06. The Morgan fingerprint density at radius 3 is 2.37 bits per heavy atom. The maximum atomic E-state index is 6.47. The van der Waals surface area contributed by atoms with Crippen LogP contribution in [0.2, 0.25) is 5.02 Å². The van der Waals surface area contributed by atoms with Gasteiger partial charge in [0.25, 0.3) is 0 Å². The van der Waals surface area contributed by atoms with Crippen LogP contribution in [0, 0.1) is 20.8 Å². The van der Waals surface area contributed by atoms with Gasteiger partial charge in [-0.1, -0.05) is 53.6 Å². The van der Waals surface area contributed by atoms with Gasteiger partial charge >= 0.3 is 0 Å². The fraction of sp³-hybridized carbons (Fsp3) is 0.294. The van der Waals surface area contributed by atoms with Gasteiger partial charge < -0.3 is 5.32 Å². The highest BCUT2D eigenvalue weighted by molar-refractivity contribution is 6.32. The van der Waals surface area contributed by atoms with Crippen LogP contribution < -0.4 is 5.32 Å². The van der Waals surface area contributed by atoms with Gasteiger partial charge in [0.2, 0.25) is 0 Å². The predicted molar refractivity (Wildman–Crippen MR) is 83.0 cm³/mol. The summed E-state index contributed by atoms with van der Waals surface area (Å²) in [7, 11) is 1.98. The van der Waals surface area contributed by atoms with Gasteiger partial charge in [-0.25, -0.2) is 0 Å². The molecule has 0 aliphatic rings. The lowest BCUT2D eigenvalue weighted by molar-refractivity contribution is 0.686. The molecule has 100 valence electrons. The van der Waals surface area contributed by atoms with Gasteiger partial charge in [-0.3, -0.25) is 0 Å². The monoisotopic (exact) mass is 273 g/mol. The van der Waals surface area contributed by atoms with Crippen LogP contribution in [0.3, 0.4) is 0 Å². The quantitative estimate of drug-likeness (QED) is 0.863. The average molecular weight is 274 g/mol. The van der Waals surface area contributed by atoms with E-state index in [1.165, 1.54) is 16.7 Å². The zero-order chi connectivity index (χ0) is 14.0. The smallest absolute Gasteiger partial charge is 0.0591 e. The molecule has 2 aromatic rings. The van der Waals surface area contributed by atoms with E-state index in [2.05, 4.69) is 49.5 Å². The van der Waals surface area contributed by atoms with Crippen LogP contribution >= 0.6 is 11.6 Å². The minimum atomic E-state index is 0.132. The first-order chi connectivity index (χ1) is 9.04. The third-order valence-corrected chi connectivity index (χ3v) is 4.08. The fourth-order valence-electron chi connectivity index (χ4n) is 2.44. The fourth-order valence-corrected chi connectivity index (χ4v) is 2.68. The van der Waals surface area contributed by atoms with Crippen molar-refractivity contribution in [1.29, 1.82) is 0 Å². The van der Waals surface area contributed by atoms with E-state index < -0.39 is 0 Å². The van der Waals surface area contributed by atoms with Crippen molar-refractivity contribution in [2.75, 3.05) is 7.05 Å². The van der Waals surface area contributed by atoms with Crippen LogP contribution in [-0.2, 0) is 0 Å². The summed E-state index contributed by atoms with van der Waals surface area (Å²) in [6.07, 6.45) is 0. The van der Waals surface area contributed by atoms with Crippen LogP contribution in [0.1, 0.15) is 33.9 Å². The molecule has 19 heavy (non-hydrogen) atoms. The third kappa shape index (κ3) is 2.83. The topological polar surface area (TPSA) is 12.0 Å². The Morgan fingerprint density at radius 1 is 0.947 bits per heavy atom. The Labute approximate surface area is 120 Å². The van der Waals surface area contributed by atoms with Gasteiger partial charge in [-0.15, -0.1) is 0 Å². The van der Waals surface area contributed by atoms with Crippen molar-refractivity contribution >= 4 is 11.6 Å². The van der Waals surface area contributed by atoms with Crippen LogP contribution in [-0.4, -0.2) is 7.05 Å². The normalized spacial score (nSPS) is 12.5. The molecule has 0 radical (unpaired) electrons. The lowest BCUT2D eigenvalue weighted by Gasteiger charge is -2.22. The molecule has 1 N–H and O–H groups in total. The van der Waals surface area contributed by atoms with Crippen molar-refractivity contribution in [3.63, 3.8) is 0 Å². The van der Waals surface area contributed by atoms with Crippen LogP contribution in [0.15, 0.2) is 36.4 Å². The Kier molecular flexibility index (Phi) is 4.28. The summed E-state index contributed by atoms with van der Waals surface area (Å²) in [5.74, 6) is 0. The maximum absolute atomic E-state index is 6.47. The maximum Gasteiger partial charge on any atom is 0.0591 e. The van der Waals surface area contributed by atoms with Crippen molar-refractivity contribution < 1.29 is 0 Å². The molecule has 0 aromatic heterocycles. The highest BCUT2D eigenvalue weighted by atomic mass is 35.5. The standard InChI is InChI=1S/C17H20ClN/c1-11-8-9-12(2)15(10-11)17(19-4)14-7-5-6-13(3)16(14)18/h5-10,17,19H,1-4H3. The molecule has 0 saturated carbocycles. The third-order valence-electron chi connectivity index (χ3n) is 3.57. The first kappa shape index (κ1) is 14.1. The zero-order valence-electron chi connectivity index (χ0n) is 11.9. The molecule has 1 nitrogen and oxygen atoms in total. The Bertz CT molecular complexity index is 588. The molecule has 0 fully saturated rings. The van der Waals surface area contributed by atoms with E-state index >= 15 is 0 Å². The zero-order valence-corrected chi connectivity index (χ0v) is 12.7. The Morgan fingerprint density at radius 2 is 1.68 bits per heavy atom. The first-order valence-electron chi connectivity index (χ1n) is 6.54. The van der Waals surface area contributed by atoms with E-state index in [9.17, 15) is 0 Å². The van der Waals surface area contributed by atoms with E-state index in [0.717, 1.165) is 16.1 Å². The average Bonchev–Trinajstić information content (AvgIpc) is 2.39. The van der Waals surface area contributed by atoms with Crippen molar-refractivity contribution in [2.45, 2.75) is 26.8 Å². The van der Waals surface area contributed by atoms with Gasteiger partial charge in [0.15, 0.2) is 0 Å². The largest absolute Gasteiger partial charge is 0.309 e. The van der Waals surface area contributed by atoms with E-state index in [0.29, 0.717) is 0 Å². The first-order valence-corrected chi connectivity index (χ1v) is 6.92. The van der Waals surface area contributed by atoms with E-state index in [1.54, 1.807) is 0 Å². The number of aryl methyl sites for hydroxylation is 3. The molecule has 0 spiro atoms. The number of hydrogen-bond acceptors (Lipinski definition) is 1. The molecule has 0 bridgehead atoms. The molecule has 0 amide bonds. The number of hydrogen-bond donors (Lipinski definition) is 1. The van der Waals surface area contributed by atoms with Gasteiger partial charge in [0, 0.05) is 5.02 Å². The highest BCUT2D eigenvalue weighted by Crippen LogP contribution is 2.32. The minimum Gasteiger partial charge on any atom is -0.309 e. The van der Waals surface area contributed by atoms with Crippen molar-refractivity contribution in [3.05, 3.63) is 69.2 Å². The second-order valence-corrected chi connectivity index (χ2v) is 5.44. The van der Waals surface area contributed by atoms with Crippen molar-refractivity contribution in [3.8, 4) is 0 Å². The summed E-state index contributed by atoms with van der Waals surface area (Å²) >= 11 is 6.47. The molecule has 1 unspecified atom stereocenters. The molecule has 0 aliphatic heterocycles. The van der Waals surface area contributed by atoms with Crippen LogP contribution in [0.25, 0.3) is 0 Å². The van der Waals surface area contributed by atoms with Crippen molar-refractivity contribution in [2.24, 2.45) is 0 Å². The molecule has 0 aliphatic carbocycles. The molecular formula is C17H20ClN. The van der Waals surface area contributed by atoms with E-state index in [-0.39, 0.29) is 6.04 Å². The van der Waals surface area contributed by atoms with Gasteiger partial charge in [0.05, 0.1) is 6.04 Å². The summed E-state index contributed by atoms with van der Waals surface area (Å²) in [5, 5.41) is 4.24. The predicted octanol–water partition coefficient (Wildman–Crippen LogP) is 4.57. The highest BCUT2D eigenvalue weighted by Gasteiger charge is 2.17. The van der Waals surface area contributed by atoms with Gasteiger partial charge in [0.1, 0.15) is 0 Å². The van der Waals surface area contributed by atoms with E-state index in [4.69, 9.17) is 11.6 Å². The van der Waals surface area contributed by atoms with Crippen molar-refractivity contribution in [1.82, 2.24) is 5.32 Å². The summed E-state index contributed by atoms with van der Waals surface area (Å²) < 4.78 is 0. The molecule has 1 atom stereocenters. The van der Waals surface area contributed by atoms with Crippen LogP contribution in [0.5, 0.6) is 0 Å². The Balaban J connectivity index is 2.56. The molecule has 2 heteroatoms. The summed E-state index contributed by atoms with van der Waals surface area (Å²) in [4.78, 5) is 0. The summed E-state index contributed by atoms with van der Waals surface area (Å²) in [6.45, 7) is 6.30. The van der Waals surface area contributed by atoms with Crippen LogP contribution in [0.4, 0.5) is 0 Å². The molecule has 0 heterocycles. The van der Waals surface area contributed by atoms with Gasteiger partial charge in [-0.2, -0.15) is 0 Å². The molecule has 0 saturated heterocycles. The van der Waals surface area contributed by atoms with Gasteiger partial charge in [-0.05, 0) is 50.1 Å². The number of benzene rings is 2.